The molecule has 4 aromatic rings. The predicted molar refractivity (Wildman–Crippen MR) is 113 cm³/mol. The quantitative estimate of drug-likeness (QED) is 0.459. The van der Waals surface area contributed by atoms with E-state index in [1.54, 1.807) is 28.8 Å². The summed E-state index contributed by atoms with van der Waals surface area (Å²) in [5.74, 6) is -1.51. The number of fused-ring (bicyclic) bond motifs is 1. The second-order valence-electron chi connectivity index (χ2n) is 7.28. The largest absolute Gasteiger partial charge is 0.491 e. The highest BCUT2D eigenvalue weighted by molar-refractivity contribution is 5.96. The molecule has 7 nitrogen and oxygen atoms in total. The third-order valence-electron chi connectivity index (χ3n) is 5.20. The highest BCUT2D eigenvalue weighted by Gasteiger charge is 2.20. The summed E-state index contributed by atoms with van der Waals surface area (Å²) in [7, 11) is 0. The number of aromatic nitrogens is 4. The van der Waals surface area contributed by atoms with Gasteiger partial charge in [0.15, 0.2) is 5.52 Å². The van der Waals surface area contributed by atoms with E-state index in [9.17, 15) is 19.4 Å². The number of nitrogens with zero attached hydrogens (tertiary/aromatic N) is 4. The Bertz CT molecular complexity index is 1250. The van der Waals surface area contributed by atoms with Crippen molar-refractivity contribution in [3.63, 3.8) is 0 Å². The van der Waals surface area contributed by atoms with Gasteiger partial charge in [0.25, 0.3) is 11.8 Å². The second kappa shape index (κ2) is 8.51. The number of halogens is 1. The van der Waals surface area contributed by atoms with Gasteiger partial charge in [-0.15, -0.1) is 10.2 Å². The molecule has 0 aliphatic heterocycles. The van der Waals surface area contributed by atoms with Crippen LogP contribution in [0.2, 0.25) is 0 Å². The van der Waals surface area contributed by atoms with Crippen LogP contribution in [-0.2, 0) is 13.0 Å². The van der Waals surface area contributed by atoms with Gasteiger partial charge in [0, 0.05) is 13.0 Å². The van der Waals surface area contributed by atoms with Gasteiger partial charge >= 0.3 is 5.97 Å². The highest BCUT2D eigenvalue weighted by atomic mass is 19.1. The Morgan fingerprint density at radius 1 is 1.10 bits per heavy atom. The van der Waals surface area contributed by atoms with E-state index in [2.05, 4.69) is 22.1 Å². The van der Waals surface area contributed by atoms with Crippen molar-refractivity contribution < 1.29 is 19.4 Å². The number of carboxylic acids is 1. The van der Waals surface area contributed by atoms with Crippen LogP contribution in [0.5, 0.6) is 5.88 Å². The van der Waals surface area contributed by atoms with Crippen LogP contribution in [0.3, 0.4) is 0 Å². The number of hydrogen-bond acceptors (Lipinski definition) is 5. The molecule has 4 rings (SSSR count). The lowest BCUT2D eigenvalue weighted by Crippen LogP contribution is -2.06. The lowest BCUT2D eigenvalue weighted by atomic mass is 9.99. The van der Waals surface area contributed by atoms with E-state index >= 15 is 0 Å². The molecule has 0 saturated carbocycles. The number of unbranched alkanes of at least 4 members (excludes halogenated alkanes) is 1. The third kappa shape index (κ3) is 3.96. The Morgan fingerprint density at radius 2 is 1.84 bits per heavy atom. The van der Waals surface area contributed by atoms with Gasteiger partial charge in [-0.2, -0.15) is 4.39 Å². The molecule has 158 valence electrons. The minimum atomic E-state index is -0.983. The lowest BCUT2D eigenvalue weighted by Gasteiger charge is -2.11. The molecule has 0 bridgehead atoms. The number of carboxylic acid groups (broad SMARTS) is 1. The summed E-state index contributed by atoms with van der Waals surface area (Å²) in [4.78, 5) is 15.9. The maximum Gasteiger partial charge on any atom is 0.336 e. The molecule has 0 aliphatic rings. The Hall–Kier alpha value is -3.81. The van der Waals surface area contributed by atoms with Crippen molar-refractivity contribution in [1.82, 2.24) is 19.7 Å². The first-order valence-electron chi connectivity index (χ1n) is 10.0. The first-order valence-corrected chi connectivity index (χ1v) is 10.0. The van der Waals surface area contributed by atoms with Crippen molar-refractivity contribution in [3.05, 3.63) is 71.4 Å². The maximum absolute atomic E-state index is 14.2. The highest BCUT2D eigenvalue weighted by Crippen LogP contribution is 2.28. The Labute approximate surface area is 177 Å². The van der Waals surface area contributed by atoms with Crippen LogP contribution in [-0.4, -0.2) is 35.9 Å². The zero-order valence-electron chi connectivity index (χ0n) is 16.9. The molecule has 0 atom stereocenters. The molecular weight excluding hydrogens is 399 g/mol. The average Bonchev–Trinajstić information content (AvgIpc) is 3.14. The van der Waals surface area contributed by atoms with Crippen LogP contribution >= 0.6 is 0 Å². The van der Waals surface area contributed by atoms with Crippen molar-refractivity contribution in [2.24, 2.45) is 0 Å². The van der Waals surface area contributed by atoms with E-state index in [1.807, 2.05) is 24.3 Å². The van der Waals surface area contributed by atoms with Gasteiger partial charge in [-0.25, -0.2) is 9.78 Å². The van der Waals surface area contributed by atoms with Crippen LogP contribution in [0.15, 0.2) is 48.5 Å². The van der Waals surface area contributed by atoms with Crippen molar-refractivity contribution in [2.45, 2.75) is 32.7 Å². The monoisotopic (exact) mass is 420 g/mol. The summed E-state index contributed by atoms with van der Waals surface area (Å²) >= 11 is 0. The van der Waals surface area contributed by atoms with Crippen LogP contribution in [0.1, 0.15) is 41.5 Å². The van der Waals surface area contributed by atoms with E-state index in [0.717, 1.165) is 24.0 Å². The Kier molecular flexibility index (Phi) is 5.62. The fraction of sp³-hybridized carbons (Fsp3) is 0.217. The summed E-state index contributed by atoms with van der Waals surface area (Å²) in [5, 5.41) is 26.5. The summed E-state index contributed by atoms with van der Waals surface area (Å²) in [5.41, 5.74) is 2.77. The smallest absolute Gasteiger partial charge is 0.336 e. The number of carbonyl (C=O) groups is 1. The average molecular weight is 420 g/mol. The molecule has 2 aromatic heterocycles. The van der Waals surface area contributed by atoms with Gasteiger partial charge < -0.3 is 14.8 Å². The van der Waals surface area contributed by atoms with Crippen LogP contribution in [0, 0.1) is 5.95 Å². The molecule has 31 heavy (non-hydrogen) atoms. The van der Waals surface area contributed by atoms with Crippen molar-refractivity contribution in [1.29, 1.82) is 0 Å². The lowest BCUT2D eigenvalue weighted by molar-refractivity contribution is 0.0697. The van der Waals surface area contributed by atoms with Gasteiger partial charge in [0.05, 0.1) is 5.56 Å². The molecule has 0 saturated heterocycles. The third-order valence-corrected chi connectivity index (χ3v) is 5.20. The fourth-order valence-corrected chi connectivity index (χ4v) is 3.65. The van der Waals surface area contributed by atoms with Crippen LogP contribution < -0.4 is 0 Å². The van der Waals surface area contributed by atoms with Gasteiger partial charge in [-0.3, -0.25) is 0 Å². The number of benzene rings is 2. The molecule has 0 spiro atoms. The number of aromatic hydroxyl groups is 1. The molecule has 0 unspecified atom stereocenters. The predicted octanol–water partition coefficient (Wildman–Crippen LogP) is 4.43. The zero-order valence-corrected chi connectivity index (χ0v) is 16.9. The van der Waals surface area contributed by atoms with Gasteiger partial charge in [0.1, 0.15) is 11.3 Å². The molecule has 0 fully saturated rings. The minimum absolute atomic E-state index is 0.00519. The fourth-order valence-electron chi connectivity index (χ4n) is 3.65. The summed E-state index contributed by atoms with van der Waals surface area (Å²) in [6.07, 6.45) is 2.46. The standard InChI is InChI=1S/C23H21FN4O3/c1-2-3-8-18-25-19-20(22(29)27-26-21(19)24)28(18)13-14-9-11-15(12-10-14)16-6-4-5-7-17(16)23(30)31/h4-7,9-12H,2-3,8,13H2,1H3,(H,27,29)(H,30,31). The van der Waals surface area contributed by atoms with Gasteiger partial charge in [-0.05, 0) is 29.2 Å². The molecule has 2 aromatic carbocycles. The maximum atomic E-state index is 14.2. The summed E-state index contributed by atoms with van der Waals surface area (Å²) < 4.78 is 15.9. The Morgan fingerprint density at radius 3 is 2.55 bits per heavy atom. The van der Waals surface area contributed by atoms with E-state index in [0.29, 0.717) is 24.4 Å². The number of aromatic carboxylic acids is 1. The molecule has 2 heterocycles. The SMILES string of the molecule is CCCCc1nc2c(F)nnc(O)c2n1Cc1ccc(-c2ccccc2C(=O)O)cc1. The van der Waals surface area contributed by atoms with E-state index in [1.165, 1.54) is 0 Å². The Balaban J connectivity index is 1.72. The molecule has 0 radical (unpaired) electrons. The first kappa shape index (κ1) is 20.5. The number of rotatable bonds is 7. The minimum Gasteiger partial charge on any atom is -0.491 e. The van der Waals surface area contributed by atoms with E-state index in [-0.39, 0.29) is 22.5 Å². The first-order chi connectivity index (χ1) is 15.0. The normalized spacial score (nSPS) is 11.2. The number of imidazole rings is 1. The summed E-state index contributed by atoms with van der Waals surface area (Å²) in [6, 6.07) is 14.3. The van der Waals surface area contributed by atoms with Crippen LogP contribution in [0.25, 0.3) is 22.2 Å². The van der Waals surface area contributed by atoms with E-state index in [4.69, 9.17) is 0 Å². The van der Waals surface area contributed by atoms with Gasteiger partial charge in [-0.1, -0.05) is 55.8 Å². The van der Waals surface area contributed by atoms with Gasteiger partial charge in [0.2, 0.25) is 0 Å². The topological polar surface area (TPSA) is 101 Å². The summed E-state index contributed by atoms with van der Waals surface area (Å²) in [6.45, 7) is 2.41. The molecule has 2 N–H and O–H groups in total. The molecule has 0 aliphatic carbocycles. The van der Waals surface area contributed by atoms with Crippen molar-refractivity contribution in [2.75, 3.05) is 0 Å². The number of aryl methyl sites for hydroxylation is 1. The molecule has 8 heteroatoms. The van der Waals surface area contributed by atoms with Crippen molar-refractivity contribution in [3.8, 4) is 17.0 Å². The van der Waals surface area contributed by atoms with Crippen molar-refractivity contribution >= 4 is 17.0 Å². The van der Waals surface area contributed by atoms with E-state index < -0.39 is 11.9 Å². The molecule has 0 amide bonds. The van der Waals surface area contributed by atoms with Crippen LogP contribution in [0.4, 0.5) is 4.39 Å². The number of hydrogen-bond donors (Lipinski definition) is 2. The second-order valence-corrected chi connectivity index (χ2v) is 7.28. The zero-order chi connectivity index (χ0) is 22.0. The molecular formula is C23H21FN4O3.